The first kappa shape index (κ1) is 14.0. The molecule has 0 bridgehead atoms. The molecule has 2 N–H and O–H groups in total. The van der Waals surface area contributed by atoms with Crippen molar-refractivity contribution in [1.29, 1.82) is 0 Å². The Morgan fingerprint density at radius 3 is 2.56 bits per heavy atom. The lowest BCUT2D eigenvalue weighted by molar-refractivity contribution is -0.109. The number of rotatable bonds is 6. The average molecular weight is 260 g/mol. The fourth-order valence-corrected chi connectivity index (χ4v) is 1.25. The molecule has 0 aliphatic heterocycles. The maximum Gasteiger partial charge on any atom is 0.254 e. The molecule has 1 aromatic carbocycles. The molecule has 0 fully saturated rings. The quantitative estimate of drug-likeness (QED) is 0.455. The van der Waals surface area contributed by atoms with Crippen molar-refractivity contribution in [3.8, 4) is 0 Å². The fourth-order valence-electron chi connectivity index (χ4n) is 1.25. The molecule has 0 spiro atoms. The van der Waals surface area contributed by atoms with Crippen molar-refractivity contribution in [2.24, 2.45) is 0 Å². The summed E-state index contributed by atoms with van der Waals surface area (Å²) in [6.07, 6.45) is 0.951. The zero-order valence-electron chi connectivity index (χ0n) is 9.30. The van der Waals surface area contributed by atoms with Gasteiger partial charge in [-0.15, -0.1) is 0 Å². The van der Waals surface area contributed by atoms with Gasteiger partial charge in [0.25, 0.3) is 5.91 Å². The van der Waals surface area contributed by atoms with Gasteiger partial charge in [-0.05, 0) is 18.6 Å². The summed E-state index contributed by atoms with van der Waals surface area (Å²) in [5, 5.41) is 4.70. The fraction of sp³-hybridized carbons (Fsp3) is 0.273. The molecule has 0 radical (unpaired) electrons. The molecule has 0 aromatic heterocycles. The minimum atomic E-state index is -1.68. The smallest absolute Gasteiger partial charge is 0.254 e. The topological polar surface area (TPSA) is 58.2 Å². The van der Waals surface area contributed by atoms with Gasteiger partial charge in [0.2, 0.25) is 6.41 Å². The lowest BCUT2D eigenvalue weighted by Crippen LogP contribution is -2.28. The zero-order chi connectivity index (χ0) is 13.5. The van der Waals surface area contributed by atoms with Crippen molar-refractivity contribution in [3.05, 3.63) is 35.1 Å². The number of amides is 2. The third-order valence-electron chi connectivity index (χ3n) is 2.15. The van der Waals surface area contributed by atoms with E-state index in [0.29, 0.717) is 25.4 Å². The van der Waals surface area contributed by atoms with Crippen LogP contribution in [-0.4, -0.2) is 25.4 Å². The van der Waals surface area contributed by atoms with E-state index in [2.05, 4.69) is 10.6 Å². The van der Waals surface area contributed by atoms with E-state index in [4.69, 9.17) is 0 Å². The molecule has 1 rings (SSSR count). The Hall–Kier alpha value is -2.05. The van der Waals surface area contributed by atoms with Crippen LogP contribution in [0.2, 0.25) is 0 Å². The summed E-state index contributed by atoms with van der Waals surface area (Å²) in [5.74, 6) is -5.37. The van der Waals surface area contributed by atoms with Gasteiger partial charge in [-0.2, -0.15) is 0 Å². The molecule has 18 heavy (non-hydrogen) atoms. The monoisotopic (exact) mass is 260 g/mol. The molecular weight excluding hydrogens is 249 g/mol. The Balaban J connectivity index is 2.57. The summed E-state index contributed by atoms with van der Waals surface area (Å²) in [6.45, 7) is 0.530. The van der Waals surface area contributed by atoms with E-state index in [0.717, 1.165) is 6.07 Å². The van der Waals surface area contributed by atoms with Crippen LogP contribution in [0.15, 0.2) is 12.1 Å². The standard InChI is InChI=1S/C11H11F3N2O2/c12-8-3-2-7(9(13)10(8)14)11(18)16-5-1-4-15-6-17/h2-3,6H,1,4-5H2,(H,15,17)(H,16,18). The van der Waals surface area contributed by atoms with Gasteiger partial charge in [-0.1, -0.05) is 0 Å². The summed E-state index contributed by atoms with van der Waals surface area (Å²) < 4.78 is 38.7. The number of carbonyl (C=O) groups excluding carboxylic acids is 2. The third-order valence-corrected chi connectivity index (χ3v) is 2.15. The number of nitrogens with one attached hydrogen (secondary N) is 2. The largest absolute Gasteiger partial charge is 0.359 e. The van der Waals surface area contributed by atoms with Crippen molar-refractivity contribution < 1.29 is 22.8 Å². The molecule has 0 atom stereocenters. The number of hydrogen-bond donors (Lipinski definition) is 2. The highest BCUT2D eigenvalue weighted by Gasteiger charge is 2.18. The molecule has 1 aromatic rings. The van der Waals surface area contributed by atoms with E-state index in [1.165, 1.54) is 0 Å². The van der Waals surface area contributed by atoms with E-state index < -0.39 is 28.9 Å². The van der Waals surface area contributed by atoms with Gasteiger partial charge >= 0.3 is 0 Å². The second-order valence-electron chi connectivity index (χ2n) is 3.40. The predicted octanol–water partition coefficient (Wildman–Crippen LogP) is 0.970. The number of hydrogen-bond acceptors (Lipinski definition) is 2. The molecule has 0 aliphatic rings. The first-order chi connectivity index (χ1) is 8.57. The number of benzene rings is 1. The Labute approximate surface area is 101 Å². The SMILES string of the molecule is O=CNCCCNC(=O)c1ccc(F)c(F)c1F. The highest BCUT2D eigenvalue weighted by atomic mass is 19.2. The summed E-state index contributed by atoms with van der Waals surface area (Å²) in [4.78, 5) is 21.3. The normalized spacial score (nSPS) is 9.94. The van der Waals surface area contributed by atoms with E-state index >= 15 is 0 Å². The molecule has 0 heterocycles. The molecule has 0 unspecified atom stereocenters. The van der Waals surface area contributed by atoms with E-state index in [9.17, 15) is 22.8 Å². The lowest BCUT2D eigenvalue weighted by Gasteiger charge is -2.06. The third kappa shape index (κ3) is 3.47. The molecule has 0 saturated carbocycles. The van der Waals surface area contributed by atoms with Gasteiger partial charge in [-0.25, -0.2) is 13.2 Å². The second kappa shape index (κ2) is 6.63. The van der Waals surface area contributed by atoms with Crippen LogP contribution in [0.5, 0.6) is 0 Å². The van der Waals surface area contributed by atoms with Crippen LogP contribution >= 0.6 is 0 Å². The molecule has 98 valence electrons. The minimum absolute atomic E-state index is 0.179. The van der Waals surface area contributed by atoms with E-state index in [-0.39, 0.29) is 6.54 Å². The summed E-state index contributed by atoms with van der Waals surface area (Å²) in [7, 11) is 0. The van der Waals surface area contributed by atoms with Crippen LogP contribution in [0.1, 0.15) is 16.8 Å². The van der Waals surface area contributed by atoms with Crippen molar-refractivity contribution in [2.45, 2.75) is 6.42 Å². The molecule has 7 heteroatoms. The number of halogens is 3. The van der Waals surface area contributed by atoms with Crippen LogP contribution in [-0.2, 0) is 4.79 Å². The molecule has 2 amide bonds. The van der Waals surface area contributed by atoms with Crippen molar-refractivity contribution in [3.63, 3.8) is 0 Å². The maximum absolute atomic E-state index is 13.2. The number of carbonyl (C=O) groups is 2. The van der Waals surface area contributed by atoms with Crippen molar-refractivity contribution in [1.82, 2.24) is 10.6 Å². The molecular formula is C11H11F3N2O2. The van der Waals surface area contributed by atoms with Crippen molar-refractivity contribution >= 4 is 12.3 Å². The minimum Gasteiger partial charge on any atom is -0.359 e. The molecule has 4 nitrogen and oxygen atoms in total. The van der Waals surface area contributed by atoms with Crippen LogP contribution in [0.25, 0.3) is 0 Å². The molecule has 0 aliphatic carbocycles. The Bertz CT molecular complexity index is 452. The van der Waals surface area contributed by atoms with Crippen LogP contribution in [0, 0.1) is 17.5 Å². The average Bonchev–Trinajstić information content (AvgIpc) is 2.35. The predicted molar refractivity (Wildman–Crippen MR) is 57.3 cm³/mol. The van der Waals surface area contributed by atoms with E-state index in [1.807, 2.05) is 0 Å². The highest BCUT2D eigenvalue weighted by Crippen LogP contribution is 2.14. The maximum atomic E-state index is 13.2. The summed E-state index contributed by atoms with van der Waals surface area (Å²) in [5.41, 5.74) is -0.558. The lowest BCUT2D eigenvalue weighted by atomic mass is 10.2. The van der Waals surface area contributed by atoms with Gasteiger partial charge in [0.05, 0.1) is 5.56 Å². The van der Waals surface area contributed by atoms with Gasteiger partial charge < -0.3 is 10.6 Å². The molecule has 0 saturated heterocycles. The first-order valence-electron chi connectivity index (χ1n) is 5.16. The van der Waals surface area contributed by atoms with Crippen LogP contribution in [0.4, 0.5) is 13.2 Å². The Morgan fingerprint density at radius 2 is 1.89 bits per heavy atom. The summed E-state index contributed by atoms with van der Waals surface area (Å²) >= 11 is 0. The zero-order valence-corrected chi connectivity index (χ0v) is 9.30. The van der Waals surface area contributed by atoms with Gasteiger partial charge in [-0.3, -0.25) is 9.59 Å². The van der Waals surface area contributed by atoms with E-state index in [1.54, 1.807) is 0 Å². The van der Waals surface area contributed by atoms with Gasteiger partial charge in [0, 0.05) is 13.1 Å². The second-order valence-corrected chi connectivity index (χ2v) is 3.40. The van der Waals surface area contributed by atoms with Gasteiger partial charge in [0.1, 0.15) is 0 Å². The summed E-state index contributed by atoms with van der Waals surface area (Å²) in [6, 6.07) is 1.55. The Kier molecular flexibility index (Phi) is 5.16. The van der Waals surface area contributed by atoms with Crippen LogP contribution < -0.4 is 10.6 Å². The highest BCUT2D eigenvalue weighted by molar-refractivity contribution is 5.94. The Morgan fingerprint density at radius 1 is 1.17 bits per heavy atom. The van der Waals surface area contributed by atoms with Gasteiger partial charge in [0.15, 0.2) is 17.5 Å². The first-order valence-corrected chi connectivity index (χ1v) is 5.16. The van der Waals surface area contributed by atoms with Crippen LogP contribution in [0.3, 0.4) is 0 Å². The van der Waals surface area contributed by atoms with Crippen molar-refractivity contribution in [2.75, 3.05) is 13.1 Å².